The Kier molecular flexibility index (Phi) is 5.61. The summed E-state index contributed by atoms with van der Waals surface area (Å²) in [5, 5.41) is 1.07. The molecule has 0 bridgehead atoms. The summed E-state index contributed by atoms with van der Waals surface area (Å²) in [6.45, 7) is 4.30. The van der Waals surface area contributed by atoms with Gasteiger partial charge in [0.05, 0.1) is 6.20 Å². The van der Waals surface area contributed by atoms with Crippen molar-refractivity contribution >= 4 is 26.0 Å². The summed E-state index contributed by atoms with van der Waals surface area (Å²) in [7, 11) is -3.42. The maximum atomic E-state index is 11.8. The first-order valence-corrected chi connectivity index (χ1v) is 8.13. The number of hydrogen-bond acceptors (Lipinski definition) is 3. The molecular weight excluding hydrogens is 306 g/mol. The maximum absolute atomic E-state index is 11.8. The molecule has 1 rings (SSSR count). The van der Waals surface area contributed by atoms with Crippen LogP contribution in [-0.4, -0.2) is 30.3 Å². The quantitative estimate of drug-likeness (QED) is 0.593. The van der Waals surface area contributed by atoms with Crippen LogP contribution in [0.4, 0.5) is 0 Å². The van der Waals surface area contributed by atoms with E-state index in [0.29, 0.717) is 18.3 Å². The van der Waals surface area contributed by atoms with Crippen molar-refractivity contribution in [2.45, 2.75) is 31.7 Å². The molecule has 0 aliphatic carbocycles. The highest BCUT2D eigenvalue weighted by molar-refractivity contribution is 9.09. The number of nitrogens with zero attached hydrogens (tertiary/aromatic N) is 1. The molecule has 17 heavy (non-hydrogen) atoms. The molecule has 0 aromatic carbocycles. The number of halogens is 1. The number of sulfonamides is 1. The van der Waals surface area contributed by atoms with Crippen LogP contribution in [0.25, 0.3) is 0 Å². The Bertz CT molecular complexity index is 444. The van der Waals surface area contributed by atoms with Crippen LogP contribution in [-0.2, 0) is 10.0 Å². The number of nitrogens with one attached hydrogen (secondary N) is 2. The lowest BCUT2D eigenvalue weighted by Crippen LogP contribution is -2.25. The van der Waals surface area contributed by atoms with Crippen molar-refractivity contribution in [2.24, 2.45) is 5.92 Å². The molecule has 0 aliphatic rings. The van der Waals surface area contributed by atoms with Gasteiger partial charge in [0, 0.05) is 11.9 Å². The van der Waals surface area contributed by atoms with Gasteiger partial charge < -0.3 is 4.98 Å². The highest BCUT2D eigenvalue weighted by Crippen LogP contribution is 2.09. The number of aromatic nitrogens is 2. The number of aryl methyl sites for hydroxylation is 1. The zero-order valence-corrected chi connectivity index (χ0v) is 12.4. The third kappa shape index (κ3) is 4.77. The third-order valence-corrected chi connectivity index (χ3v) is 4.87. The van der Waals surface area contributed by atoms with Gasteiger partial charge in [-0.25, -0.2) is 18.1 Å². The van der Waals surface area contributed by atoms with E-state index in [2.05, 4.69) is 37.5 Å². The lowest BCUT2D eigenvalue weighted by Gasteiger charge is -2.07. The second-order valence-electron chi connectivity index (χ2n) is 4.13. The van der Waals surface area contributed by atoms with Gasteiger partial charge in [0.25, 0.3) is 10.0 Å². The van der Waals surface area contributed by atoms with E-state index >= 15 is 0 Å². The molecule has 1 aromatic rings. The molecule has 0 radical (unpaired) electrons. The molecule has 1 atom stereocenters. The fourth-order valence-corrected chi connectivity index (χ4v) is 2.71. The number of imidazole rings is 1. The van der Waals surface area contributed by atoms with Crippen LogP contribution in [0.5, 0.6) is 0 Å². The first-order chi connectivity index (χ1) is 7.95. The van der Waals surface area contributed by atoms with Gasteiger partial charge in [-0.2, -0.15) is 0 Å². The Morgan fingerprint density at radius 1 is 1.59 bits per heavy atom. The van der Waals surface area contributed by atoms with Crippen molar-refractivity contribution in [2.75, 3.05) is 11.9 Å². The summed E-state index contributed by atoms with van der Waals surface area (Å²) in [5.41, 5.74) is 0. The average Bonchev–Trinajstić information content (AvgIpc) is 2.71. The topological polar surface area (TPSA) is 74.8 Å². The Hall–Kier alpha value is -0.400. The Morgan fingerprint density at radius 3 is 2.82 bits per heavy atom. The van der Waals surface area contributed by atoms with Gasteiger partial charge in [-0.15, -0.1) is 0 Å². The molecule has 0 fully saturated rings. The first kappa shape index (κ1) is 14.7. The third-order valence-electron chi connectivity index (χ3n) is 2.40. The average molecular weight is 324 g/mol. The minimum Gasteiger partial charge on any atom is -0.332 e. The molecule has 2 N–H and O–H groups in total. The Labute approximate surface area is 111 Å². The molecule has 0 amide bonds. The zero-order valence-electron chi connectivity index (χ0n) is 10.0. The van der Waals surface area contributed by atoms with Crippen LogP contribution in [0.15, 0.2) is 11.2 Å². The molecule has 1 heterocycles. The largest absolute Gasteiger partial charge is 0.332 e. The normalized spacial score (nSPS) is 13.8. The molecule has 0 saturated carbocycles. The number of aromatic amines is 1. The Morgan fingerprint density at radius 2 is 2.29 bits per heavy atom. The van der Waals surface area contributed by atoms with Gasteiger partial charge >= 0.3 is 0 Å². The standard InChI is InChI=1S/C10H18BrN3O2S/c1-8(6-11)4-3-5-13-17(15,16)10-7-12-9(2)14-10/h7-8,13H,3-6H2,1-2H3,(H,12,14). The van der Waals surface area contributed by atoms with Crippen molar-refractivity contribution in [1.29, 1.82) is 0 Å². The van der Waals surface area contributed by atoms with Gasteiger partial charge in [-0.05, 0) is 25.7 Å². The maximum Gasteiger partial charge on any atom is 0.257 e. The van der Waals surface area contributed by atoms with Crippen molar-refractivity contribution < 1.29 is 8.42 Å². The molecule has 98 valence electrons. The predicted octanol–water partition coefficient (Wildman–Crippen LogP) is 1.81. The van der Waals surface area contributed by atoms with E-state index in [1.54, 1.807) is 6.92 Å². The second-order valence-corrected chi connectivity index (χ2v) is 6.52. The predicted molar refractivity (Wildman–Crippen MR) is 70.7 cm³/mol. The summed E-state index contributed by atoms with van der Waals surface area (Å²) in [4.78, 5) is 6.58. The monoisotopic (exact) mass is 323 g/mol. The molecule has 1 aromatic heterocycles. The lowest BCUT2D eigenvalue weighted by atomic mass is 10.1. The highest BCUT2D eigenvalue weighted by Gasteiger charge is 2.15. The van der Waals surface area contributed by atoms with E-state index in [0.717, 1.165) is 18.2 Å². The van der Waals surface area contributed by atoms with Gasteiger partial charge in [0.15, 0.2) is 5.03 Å². The van der Waals surface area contributed by atoms with Crippen LogP contribution in [0.2, 0.25) is 0 Å². The SMILES string of the molecule is Cc1ncc(S(=O)(=O)NCCCC(C)CBr)[nH]1. The number of hydrogen-bond donors (Lipinski definition) is 2. The second kappa shape index (κ2) is 6.51. The summed E-state index contributed by atoms with van der Waals surface area (Å²) in [6.07, 6.45) is 3.16. The minimum atomic E-state index is -3.42. The van der Waals surface area contributed by atoms with Crippen molar-refractivity contribution in [3.63, 3.8) is 0 Å². The smallest absolute Gasteiger partial charge is 0.257 e. The first-order valence-electron chi connectivity index (χ1n) is 5.53. The van der Waals surface area contributed by atoms with Crippen LogP contribution in [0.1, 0.15) is 25.6 Å². The minimum absolute atomic E-state index is 0.128. The molecule has 0 aliphatic heterocycles. The zero-order chi connectivity index (χ0) is 12.9. The molecule has 0 saturated heterocycles. The molecule has 7 heteroatoms. The summed E-state index contributed by atoms with van der Waals surface area (Å²) < 4.78 is 26.1. The van der Waals surface area contributed by atoms with E-state index in [-0.39, 0.29) is 5.03 Å². The van der Waals surface area contributed by atoms with E-state index in [9.17, 15) is 8.42 Å². The molecule has 0 spiro atoms. The van der Waals surface area contributed by atoms with Crippen molar-refractivity contribution in [3.05, 3.63) is 12.0 Å². The van der Waals surface area contributed by atoms with Gasteiger partial charge in [-0.1, -0.05) is 22.9 Å². The van der Waals surface area contributed by atoms with Crippen molar-refractivity contribution in [1.82, 2.24) is 14.7 Å². The number of rotatable bonds is 7. The molecular formula is C10H18BrN3O2S. The van der Waals surface area contributed by atoms with Gasteiger partial charge in [-0.3, -0.25) is 0 Å². The molecule has 5 nitrogen and oxygen atoms in total. The van der Waals surface area contributed by atoms with E-state index in [4.69, 9.17) is 0 Å². The Balaban J connectivity index is 2.41. The van der Waals surface area contributed by atoms with Crippen LogP contribution < -0.4 is 4.72 Å². The van der Waals surface area contributed by atoms with E-state index in [1.807, 2.05) is 0 Å². The summed E-state index contributed by atoms with van der Waals surface area (Å²) in [6, 6.07) is 0. The van der Waals surface area contributed by atoms with Crippen LogP contribution in [0.3, 0.4) is 0 Å². The summed E-state index contributed by atoms with van der Waals surface area (Å²) >= 11 is 3.39. The highest BCUT2D eigenvalue weighted by atomic mass is 79.9. The fraction of sp³-hybridized carbons (Fsp3) is 0.700. The lowest BCUT2D eigenvalue weighted by molar-refractivity contribution is 0.545. The number of H-pyrrole nitrogens is 1. The van der Waals surface area contributed by atoms with Gasteiger partial charge in [0.1, 0.15) is 5.82 Å². The van der Waals surface area contributed by atoms with Gasteiger partial charge in [0.2, 0.25) is 0 Å². The van der Waals surface area contributed by atoms with E-state index in [1.165, 1.54) is 6.20 Å². The van der Waals surface area contributed by atoms with Crippen LogP contribution in [0, 0.1) is 12.8 Å². The number of alkyl halides is 1. The van der Waals surface area contributed by atoms with E-state index < -0.39 is 10.0 Å². The van der Waals surface area contributed by atoms with Crippen LogP contribution >= 0.6 is 15.9 Å². The fourth-order valence-electron chi connectivity index (χ4n) is 1.35. The summed E-state index contributed by atoms with van der Waals surface area (Å²) in [5.74, 6) is 1.16. The molecule has 1 unspecified atom stereocenters. The van der Waals surface area contributed by atoms with Crippen molar-refractivity contribution in [3.8, 4) is 0 Å².